The molecule has 0 spiro atoms. The van der Waals surface area contributed by atoms with Crippen LogP contribution in [-0.4, -0.2) is 6.54 Å². The first-order chi connectivity index (χ1) is 6.08. The summed E-state index contributed by atoms with van der Waals surface area (Å²) in [5.74, 6) is 0. The molecule has 1 aromatic rings. The quantitative estimate of drug-likeness (QED) is 0.831. The maximum Gasteiger partial charge on any atom is 0.0501 e. The SMILES string of the molecule is C=C(Cl)CNc1cc(Cl)cc(Cl)c1. The van der Waals surface area contributed by atoms with Crippen LogP contribution < -0.4 is 5.32 Å². The minimum Gasteiger partial charge on any atom is -0.380 e. The highest BCUT2D eigenvalue weighted by molar-refractivity contribution is 6.35. The summed E-state index contributed by atoms with van der Waals surface area (Å²) in [6, 6.07) is 5.21. The van der Waals surface area contributed by atoms with E-state index in [2.05, 4.69) is 11.9 Å². The second-order valence-electron chi connectivity index (χ2n) is 2.53. The fraction of sp³-hybridized carbons (Fsp3) is 0.111. The molecule has 1 N–H and O–H groups in total. The summed E-state index contributed by atoms with van der Waals surface area (Å²) in [5, 5.41) is 4.75. The van der Waals surface area contributed by atoms with E-state index in [9.17, 15) is 0 Å². The minimum atomic E-state index is 0.498. The summed E-state index contributed by atoms with van der Waals surface area (Å²) < 4.78 is 0. The Kier molecular flexibility index (Phi) is 3.91. The molecule has 0 aliphatic carbocycles. The maximum atomic E-state index is 5.79. The predicted octanol–water partition coefficient (Wildman–Crippen LogP) is 4.16. The molecule has 0 aromatic heterocycles. The van der Waals surface area contributed by atoms with E-state index in [1.807, 2.05) is 0 Å². The topological polar surface area (TPSA) is 12.0 Å². The van der Waals surface area contributed by atoms with Crippen molar-refractivity contribution in [1.29, 1.82) is 0 Å². The fourth-order valence-corrected chi connectivity index (χ4v) is 1.45. The van der Waals surface area contributed by atoms with E-state index in [4.69, 9.17) is 34.8 Å². The van der Waals surface area contributed by atoms with Gasteiger partial charge in [0.2, 0.25) is 0 Å². The summed E-state index contributed by atoms with van der Waals surface area (Å²) in [4.78, 5) is 0. The Balaban J connectivity index is 2.71. The third-order valence-electron chi connectivity index (χ3n) is 1.35. The zero-order valence-electron chi connectivity index (χ0n) is 6.78. The Labute approximate surface area is 92.3 Å². The number of benzene rings is 1. The van der Waals surface area contributed by atoms with Crippen LogP contribution in [0.25, 0.3) is 0 Å². The van der Waals surface area contributed by atoms with Crippen molar-refractivity contribution >= 4 is 40.5 Å². The lowest BCUT2D eigenvalue weighted by atomic mass is 10.3. The van der Waals surface area contributed by atoms with Crippen LogP contribution in [0, 0.1) is 0 Å². The van der Waals surface area contributed by atoms with Crippen molar-refractivity contribution in [3.63, 3.8) is 0 Å². The molecule has 0 saturated carbocycles. The molecular formula is C9H8Cl3N. The van der Waals surface area contributed by atoms with Crippen LogP contribution >= 0.6 is 34.8 Å². The summed E-state index contributed by atoms with van der Waals surface area (Å²) in [7, 11) is 0. The molecule has 1 nitrogen and oxygen atoms in total. The van der Waals surface area contributed by atoms with Crippen molar-refractivity contribution in [1.82, 2.24) is 0 Å². The van der Waals surface area contributed by atoms with Gasteiger partial charge in [0.25, 0.3) is 0 Å². The Bertz CT molecular complexity index is 302. The van der Waals surface area contributed by atoms with Gasteiger partial charge in [-0.15, -0.1) is 0 Å². The van der Waals surface area contributed by atoms with Crippen LogP contribution in [0.5, 0.6) is 0 Å². The molecule has 0 unspecified atom stereocenters. The molecule has 1 aromatic carbocycles. The second-order valence-corrected chi connectivity index (χ2v) is 3.94. The average Bonchev–Trinajstić information content (AvgIpc) is 1.99. The van der Waals surface area contributed by atoms with Crippen molar-refractivity contribution in [2.75, 3.05) is 11.9 Å². The van der Waals surface area contributed by atoms with E-state index in [-0.39, 0.29) is 0 Å². The molecule has 0 aliphatic heterocycles. The van der Waals surface area contributed by atoms with Crippen molar-refractivity contribution < 1.29 is 0 Å². The third kappa shape index (κ3) is 3.90. The molecule has 0 bridgehead atoms. The number of hydrogen-bond donors (Lipinski definition) is 1. The standard InChI is InChI=1S/C9H8Cl3N/c1-6(10)5-13-9-3-7(11)2-8(12)4-9/h2-4,13H,1,5H2. The van der Waals surface area contributed by atoms with E-state index in [1.54, 1.807) is 18.2 Å². The first-order valence-corrected chi connectivity index (χ1v) is 4.74. The Hall–Kier alpha value is -0.370. The van der Waals surface area contributed by atoms with Gasteiger partial charge in [0.15, 0.2) is 0 Å². The van der Waals surface area contributed by atoms with Gasteiger partial charge in [-0.25, -0.2) is 0 Å². The number of anilines is 1. The van der Waals surface area contributed by atoms with Gasteiger partial charge in [-0.2, -0.15) is 0 Å². The van der Waals surface area contributed by atoms with Crippen molar-refractivity contribution in [2.45, 2.75) is 0 Å². The van der Waals surface area contributed by atoms with E-state index < -0.39 is 0 Å². The Morgan fingerprint density at radius 3 is 2.23 bits per heavy atom. The Morgan fingerprint density at radius 2 is 1.77 bits per heavy atom. The van der Waals surface area contributed by atoms with Crippen molar-refractivity contribution in [3.8, 4) is 0 Å². The number of rotatable bonds is 3. The number of hydrogen-bond acceptors (Lipinski definition) is 1. The highest BCUT2D eigenvalue weighted by Crippen LogP contribution is 2.22. The molecule has 0 heterocycles. The first-order valence-electron chi connectivity index (χ1n) is 3.61. The Morgan fingerprint density at radius 1 is 1.23 bits per heavy atom. The van der Waals surface area contributed by atoms with Gasteiger partial charge in [0.1, 0.15) is 0 Å². The lowest BCUT2D eigenvalue weighted by Crippen LogP contribution is -2.00. The average molecular weight is 237 g/mol. The smallest absolute Gasteiger partial charge is 0.0501 e. The highest BCUT2D eigenvalue weighted by Gasteiger charge is 1.97. The molecular weight excluding hydrogens is 228 g/mol. The third-order valence-corrected chi connectivity index (χ3v) is 1.92. The van der Waals surface area contributed by atoms with Gasteiger partial charge in [0, 0.05) is 20.8 Å². The zero-order chi connectivity index (χ0) is 9.84. The van der Waals surface area contributed by atoms with E-state index >= 15 is 0 Å². The predicted molar refractivity (Wildman–Crippen MR) is 59.9 cm³/mol. The number of halogens is 3. The van der Waals surface area contributed by atoms with Crippen LogP contribution in [0.4, 0.5) is 5.69 Å². The minimum absolute atomic E-state index is 0.498. The van der Waals surface area contributed by atoms with Crippen molar-refractivity contribution in [3.05, 3.63) is 39.9 Å². The molecule has 0 amide bonds. The molecule has 70 valence electrons. The van der Waals surface area contributed by atoms with Gasteiger partial charge in [-0.1, -0.05) is 41.4 Å². The largest absolute Gasteiger partial charge is 0.380 e. The zero-order valence-corrected chi connectivity index (χ0v) is 9.05. The van der Waals surface area contributed by atoms with Gasteiger partial charge >= 0.3 is 0 Å². The van der Waals surface area contributed by atoms with E-state index in [1.165, 1.54) is 0 Å². The van der Waals surface area contributed by atoms with Crippen LogP contribution in [0.15, 0.2) is 29.8 Å². The molecule has 0 aliphatic rings. The van der Waals surface area contributed by atoms with Gasteiger partial charge in [-0.3, -0.25) is 0 Å². The highest BCUT2D eigenvalue weighted by atomic mass is 35.5. The van der Waals surface area contributed by atoms with Gasteiger partial charge in [0.05, 0.1) is 6.54 Å². The van der Waals surface area contributed by atoms with Gasteiger partial charge in [-0.05, 0) is 18.2 Å². The molecule has 0 radical (unpaired) electrons. The van der Waals surface area contributed by atoms with Crippen LogP contribution in [0.1, 0.15) is 0 Å². The van der Waals surface area contributed by atoms with Crippen LogP contribution in [0.3, 0.4) is 0 Å². The summed E-state index contributed by atoms with van der Waals surface area (Å²) in [5.41, 5.74) is 0.833. The summed E-state index contributed by atoms with van der Waals surface area (Å²) >= 11 is 17.2. The first kappa shape index (κ1) is 10.7. The van der Waals surface area contributed by atoms with Crippen molar-refractivity contribution in [2.24, 2.45) is 0 Å². The molecule has 1 rings (SSSR count). The fourth-order valence-electron chi connectivity index (χ4n) is 0.854. The maximum absolute atomic E-state index is 5.79. The molecule has 4 heteroatoms. The normalized spacial score (nSPS) is 9.77. The lowest BCUT2D eigenvalue weighted by Gasteiger charge is -2.05. The van der Waals surface area contributed by atoms with Gasteiger partial charge < -0.3 is 5.32 Å². The summed E-state index contributed by atoms with van der Waals surface area (Å²) in [6.45, 7) is 4.05. The van der Waals surface area contributed by atoms with E-state index in [0.29, 0.717) is 21.6 Å². The molecule has 0 atom stereocenters. The monoisotopic (exact) mass is 235 g/mol. The van der Waals surface area contributed by atoms with Crippen LogP contribution in [0.2, 0.25) is 10.0 Å². The molecule has 0 saturated heterocycles. The van der Waals surface area contributed by atoms with E-state index in [0.717, 1.165) is 5.69 Å². The number of nitrogens with one attached hydrogen (secondary N) is 1. The lowest BCUT2D eigenvalue weighted by molar-refractivity contribution is 1.32. The molecule has 13 heavy (non-hydrogen) atoms. The second kappa shape index (κ2) is 4.75. The van der Waals surface area contributed by atoms with Crippen LogP contribution in [-0.2, 0) is 0 Å². The summed E-state index contributed by atoms with van der Waals surface area (Å²) in [6.07, 6.45) is 0. The molecule has 0 fully saturated rings.